The third kappa shape index (κ3) is 8.25. The lowest BCUT2D eigenvalue weighted by Crippen LogP contribution is -2.34. The lowest BCUT2D eigenvalue weighted by Gasteiger charge is -2.26. The zero-order chi connectivity index (χ0) is 31.6. The van der Waals surface area contributed by atoms with E-state index in [1.54, 1.807) is 0 Å². The Labute approximate surface area is 266 Å². The van der Waals surface area contributed by atoms with Crippen molar-refractivity contribution in [3.63, 3.8) is 0 Å². The molecule has 232 valence electrons. The fourth-order valence-corrected chi connectivity index (χ4v) is 5.27. The van der Waals surface area contributed by atoms with E-state index in [0.717, 1.165) is 59.0 Å². The number of hydrogen-bond donors (Lipinski definition) is 1. The summed E-state index contributed by atoms with van der Waals surface area (Å²) in [5, 5.41) is 3.10. The second kappa shape index (κ2) is 15.3. The highest BCUT2D eigenvalue weighted by atomic mass is 16.5. The Bertz CT molecular complexity index is 1690. The fourth-order valence-electron chi connectivity index (χ4n) is 5.27. The molecule has 0 bridgehead atoms. The monoisotopic (exact) mass is 602 g/mol. The van der Waals surface area contributed by atoms with Gasteiger partial charge in [0.15, 0.2) is 0 Å². The molecule has 45 heavy (non-hydrogen) atoms. The molecule has 1 heterocycles. The van der Waals surface area contributed by atoms with Gasteiger partial charge in [-0.25, -0.2) is 9.97 Å². The van der Waals surface area contributed by atoms with Gasteiger partial charge in [0.1, 0.15) is 11.5 Å². The van der Waals surface area contributed by atoms with Crippen LogP contribution in [0.2, 0.25) is 0 Å². The van der Waals surface area contributed by atoms with Crippen molar-refractivity contribution >= 4 is 16.9 Å². The molecule has 0 spiro atoms. The summed E-state index contributed by atoms with van der Waals surface area (Å²) in [5.41, 5.74) is 6.58. The van der Waals surface area contributed by atoms with Gasteiger partial charge in [-0.15, -0.1) is 0 Å². The molecule has 5 rings (SSSR count). The molecule has 4 aromatic carbocycles. The van der Waals surface area contributed by atoms with Crippen molar-refractivity contribution in [2.24, 2.45) is 0 Å². The second-order valence-electron chi connectivity index (χ2n) is 11.2. The molecule has 1 N–H and O–H groups in total. The first kappa shape index (κ1) is 31.7. The zero-order valence-corrected chi connectivity index (χ0v) is 26.6. The van der Waals surface area contributed by atoms with Gasteiger partial charge in [-0.1, -0.05) is 30.3 Å². The molecule has 0 aliphatic carbocycles. The lowest BCUT2D eigenvalue weighted by atomic mass is 10.0. The van der Waals surface area contributed by atoms with Crippen LogP contribution in [0.1, 0.15) is 50.0 Å². The molecule has 0 saturated heterocycles. The van der Waals surface area contributed by atoms with Crippen LogP contribution in [0.15, 0.2) is 97.1 Å². The molecule has 1 amide bonds. The smallest absolute Gasteiger partial charge is 0.251 e. The SMILES string of the molecule is CCOc1ccc(-c2nc3ccc(C(=O)NCCCN(Cc4ccccc4)C(C)C)cc3nc2-c2ccc(OCC)cc2)cc1. The molecule has 0 aliphatic heterocycles. The van der Waals surface area contributed by atoms with Gasteiger partial charge in [-0.05, 0) is 106 Å². The molecular formula is C38H42N4O3. The van der Waals surface area contributed by atoms with Crippen LogP contribution in [0.3, 0.4) is 0 Å². The van der Waals surface area contributed by atoms with E-state index in [-0.39, 0.29) is 5.91 Å². The van der Waals surface area contributed by atoms with E-state index in [2.05, 4.69) is 48.3 Å². The Morgan fingerprint density at radius 3 is 1.89 bits per heavy atom. The third-order valence-electron chi connectivity index (χ3n) is 7.67. The average Bonchev–Trinajstić information content (AvgIpc) is 3.06. The highest BCUT2D eigenvalue weighted by Crippen LogP contribution is 2.33. The summed E-state index contributed by atoms with van der Waals surface area (Å²) in [6.45, 7) is 11.9. The summed E-state index contributed by atoms with van der Waals surface area (Å²) in [6.07, 6.45) is 0.859. The number of amides is 1. The molecule has 7 heteroatoms. The van der Waals surface area contributed by atoms with E-state index < -0.39 is 0 Å². The van der Waals surface area contributed by atoms with E-state index in [9.17, 15) is 4.79 Å². The summed E-state index contributed by atoms with van der Waals surface area (Å²) in [6, 6.07) is 32.2. The number of carbonyl (C=O) groups is 1. The van der Waals surface area contributed by atoms with Gasteiger partial charge in [-0.2, -0.15) is 0 Å². The minimum atomic E-state index is -0.115. The number of fused-ring (bicyclic) bond motifs is 1. The minimum absolute atomic E-state index is 0.115. The molecule has 7 nitrogen and oxygen atoms in total. The normalized spacial score (nSPS) is 11.2. The third-order valence-corrected chi connectivity index (χ3v) is 7.67. The highest BCUT2D eigenvalue weighted by Gasteiger charge is 2.16. The van der Waals surface area contributed by atoms with E-state index in [1.807, 2.05) is 86.6 Å². The van der Waals surface area contributed by atoms with E-state index in [1.165, 1.54) is 5.56 Å². The summed E-state index contributed by atoms with van der Waals surface area (Å²) >= 11 is 0. The number of nitrogens with zero attached hydrogens (tertiary/aromatic N) is 3. The number of benzene rings is 4. The van der Waals surface area contributed by atoms with Crippen LogP contribution in [0.25, 0.3) is 33.5 Å². The Morgan fingerprint density at radius 1 is 0.756 bits per heavy atom. The lowest BCUT2D eigenvalue weighted by molar-refractivity contribution is 0.0950. The molecule has 0 radical (unpaired) electrons. The molecule has 1 aromatic heterocycles. The van der Waals surface area contributed by atoms with Crippen molar-refractivity contribution in [2.45, 2.75) is 46.7 Å². The molecule has 0 fully saturated rings. The van der Waals surface area contributed by atoms with Crippen LogP contribution in [0, 0.1) is 0 Å². The van der Waals surface area contributed by atoms with Crippen LogP contribution in [0.5, 0.6) is 11.5 Å². The largest absolute Gasteiger partial charge is 0.494 e. The average molecular weight is 603 g/mol. The Kier molecular flexibility index (Phi) is 10.8. The number of ether oxygens (including phenoxy) is 2. The molecule has 0 saturated carbocycles. The Hall–Kier alpha value is -4.75. The van der Waals surface area contributed by atoms with Crippen molar-refractivity contribution in [1.82, 2.24) is 20.2 Å². The number of nitrogens with one attached hydrogen (secondary N) is 1. The number of aromatic nitrogens is 2. The maximum atomic E-state index is 13.2. The number of carbonyl (C=O) groups excluding carboxylic acids is 1. The molecule has 0 aliphatic rings. The maximum absolute atomic E-state index is 13.2. The molecule has 0 unspecified atom stereocenters. The van der Waals surface area contributed by atoms with Gasteiger partial charge in [0, 0.05) is 42.4 Å². The van der Waals surface area contributed by atoms with Crippen LogP contribution in [0.4, 0.5) is 0 Å². The van der Waals surface area contributed by atoms with Gasteiger partial charge in [-0.3, -0.25) is 9.69 Å². The summed E-state index contributed by atoms with van der Waals surface area (Å²) in [4.78, 5) is 25.7. The van der Waals surface area contributed by atoms with Crippen LogP contribution in [-0.4, -0.2) is 53.1 Å². The second-order valence-corrected chi connectivity index (χ2v) is 11.2. The summed E-state index contributed by atoms with van der Waals surface area (Å²) in [7, 11) is 0. The first-order valence-corrected chi connectivity index (χ1v) is 15.8. The molecular weight excluding hydrogens is 560 g/mol. The zero-order valence-electron chi connectivity index (χ0n) is 26.6. The van der Waals surface area contributed by atoms with Crippen molar-refractivity contribution in [1.29, 1.82) is 0 Å². The van der Waals surface area contributed by atoms with Gasteiger partial charge in [0.25, 0.3) is 5.91 Å². The van der Waals surface area contributed by atoms with Gasteiger partial charge in [0.2, 0.25) is 0 Å². The van der Waals surface area contributed by atoms with E-state index in [4.69, 9.17) is 19.4 Å². The summed E-state index contributed by atoms with van der Waals surface area (Å²) in [5.74, 6) is 1.49. The Morgan fingerprint density at radius 2 is 1.33 bits per heavy atom. The maximum Gasteiger partial charge on any atom is 0.251 e. The van der Waals surface area contributed by atoms with Crippen LogP contribution < -0.4 is 14.8 Å². The predicted molar refractivity (Wildman–Crippen MR) is 182 cm³/mol. The minimum Gasteiger partial charge on any atom is -0.494 e. The van der Waals surface area contributed by atoms with Gasteiger partial charge >= 0.3 is 0 Å². The predicted octanol–water partition coefficient (Wildman–Crippen LogP) is 7.79. The fraction of sp³-hybridized carbons (Fsp3) is 0.289. The van der Waals surface area contributed by atoms with Crippen LogP contribution in [-0.2, 0) is 6.54 Å². The standard InChI is InChI=1S/C38H42N4O3/c1-5-44-32-18-13-29(14-19-32)36-37(30-15-20-33(21-16-30)45-6-2)41-35-25-31(17-22-34(35)40-36)38(43)39-23-10-24-42(27(3)4)26-28-11-8-7-9-12-28/h7-9,11-22,25,27H,5-6,10,23-24,26H2,1-4H3,(H,39,43). The number of hydrogen-bond acceptors (Lipinski definition) is 6. The topological polar surface area (TPSA) is 76.6 Å². The number of rotatable bonds is 14. The van der Waals surface area contributed by atoms with Crippen molar-refractivity contribution < 1.29 is 14.3 Å². The highest BCUT2D eigenvalue weighted by molar-refractivity contribution is 5.98. The van der Waals surface area contributed by atoms with Crippen LogP contribution >= 0.6 is 0 Å². The Balaban J connectivity index is 1.35. The van der Waals surface area contributed by atoms with Crippen molar-refractivity contribution in [3.8, 4) is 34.0 Å². The summed E-state index contributed by atoms with van der Waals surface area (Å²) < 4.78 is 11.3. The van der Waals surface area contributed by atoms with E-state index in [0.29, 0.717) is 36.9 Å². The van der Waals surface area contributed by atoms with Gasteiger partial charge in [0.05, 0.1) is 35.6 Å². The first-order chi connectivity index (χ1) is 21.9. The van der Waals surface area contributed by atoms with Gasteiger partial charge < -0.3 is 14.8 Å². The molecule has 0 atom stereocenters. The van der Waals surface area contributed by atoms with Crippen molar-refractivity contribution in [2.75, 3.05) is 26.3 Å². The molecule has 5 aromatic rings. The first-order valence-electron chi connectivity index (χ1n) is 15.8. The van der Waals surface area contributed by atoms with Crippen molar-refractivity contribution in [3.05, 3.63) is 108 Å². The van der Waals surface area contributed by atoms with E-state index >= 15 is 0 Å². The quantitative estimate of drug-likeness (QED) is 0.131.